The molecular formula is C15H19NO5. The minimum atomic E-state index is -1.08. The van der Waals surface area contributed by atoms with Crippen molar-refractivity contribution in [3.63, 3.8) is 0 Å². The Morgan fingerprint density at radius 3 is 2.67 bits per heavy atom. The molecule has 0 saturated heterocycles. The average molecular weight is 293 g/mol. The molecule has 0 bridgehead atoms. The van der Waals surface area contributed by atoms with Gasteiger partial charge in [0.1, 0.15) is 5.75 Å². The van der Waals surface area contributed by atoms with E-state index < -0.39 is 24.5 Å². The third-order valence-corrected chi connectivity index (χ3v) is 2.78. The van der Waals surface area contributed by atoms with Gasteiger partial charge in [0.15, 0.2) is 6.04 Å². The molecule has 0 heterocycles. The molecule has 2 N–H and O–H groups in total. The lowest BCUT2D eigenvalue weighted by Crippen LogP contribution is -2.43. The van der Waals surface area contributed by atoms with Gasteiger partial charge in [-0.15, -0.1) is 0 Å². The fourth-order valence-electron chi connectivity index (χ4n) is 1.69. The number of aryl methyl sites for hydroxylation is 1. The molecule has 1 aromatic rings. The maximum absolute atomic E-state index is 11.7. The van der Waals surface area contributed by atoms with E-state index in [4.69, 9.17) is 9.84 Å². The van der Waals surface area contributed by atoms with Crippen LogP contribution in [0.4, 0.5) is 0 Å². The van der Waals surface area contributed by atoms with Gasteiger partial charge in [-0.05, 0) is 25.1 Å². The number of aliphatic hydroxyl groups excluding tert-OH is 1. The first-order valence-electron chi connectivity index (χ1n) is 6.33. The number of rotatable bonds is 6. The Morgan fingerprint density at radius 2 is 2.10 bits per heavy atom. The van der Waals surface area contributed by atoms with Crippen LogP contribution in [0.2, 0.25) is 0 Å². The van der Waals surface area contributed by atoms with Crippen LogP contribution in [0.1, 0.15) is 11.1 Å². The van der Waals surface area contributed by atoms with Crippen molar-refractivity contribution in [3.8, 4) is 5.75 Å². The molecule has 0 unspecified atom stereocenters. The van der Waals surface area contributed by atoms with Gasteiger partial charge in [0, 0.05) is 11.6 Å². The zero-order valence-corrected chi connectivity index (χ0v) is 12.3. The van der Waals surface area contributed by atoms with Crippen molar-refractivity contribution in [2.24, 2.45) is 0 Å². The molecule has 0 aliphatic rings. The van der Waals surface area contributed by atoms with Gasteiger partial charge in [0.05, 0.1) is 20.8 Å². The molecule has 0 spiro atoms. The van der Waals surface area contributed by atoms with Gasteiger partial charge in [-0.1, -0.05) is 11.6 Å². The van der Waals surface area contributed by atoms with Gasteiger partial charge in [-0.2, -0.15) is 0 Å². The third-order valence-electron chi connectivity index (χ3n) is 2.78. The summed E-state index contributed by atoms with van der Waals surface area (Å²) in [5.74, 6) is -0.577. The Labute approximate surface area is 123 Å². The summed E-state index contributed by atoms with van der Waals surface area (Å²) in [7, 11) is 2.73. The van der Waals surface area contributed by atoms with Crippen LogP contribution in [0, 0.1) is 6.92 Å². The Balaban J connectivity index is 2.78. The number of carbonyl (C=O) groups excluding carboxylic acids is 2. The molecule has 1 amide bonds. The summed E-state index contributed by atoms with van der Waals surface area (Å²) in [6.07, 6.45) is 2.84. The minimum absolute atomic E-state index is 0.511. The third kappa shape index (κ3) is 4.92. The van der Waals surface area contributed by atoms with Crippen molar-refractivity contribution in [1.29, 1.82) is 0 Å². The van der Waals surface area contributed by atoms with Crippen LogP contribution in [0.3, 0.4) is 0 Å². The predicted octanol–water partition coefficient (Wildman–Crippen LogP) is 0.667. The van der Waals surface area contributed by atoms with E-state index in [9.17, 15) is 9.59 Å². The van der Waals surface area contributed by atoms with E-state index in [0.29, 0.717) is 5.75 Å². The van der Waals surface area contributed by atoms with Crippen LogP contribution in [0.15, 0.2) is 24.3 Å². The van der Waals surface area contributed by atoms with Crippen molar-refractivity contribution in [3.05, 3.63) is 35.4 Å². The summed E-state index contributed by atoms with van der Waals surface area (Å²) in [5, 5.41) is 11.4. The number of methoxy groups -OCH3 is 2. The number of hydrogen-bond acceptors (Lipinski definition) is 5. The summed E-state index contributed by atoms with van der Waals surface area (Å²) in [5.41, 5.74) is 1.77. The highest BCUT2D eigenvalue weighted by Gasteiger charge is 2.19. The molecule has 0 aliphatic carbocycles. The molecule has 114 valence electrons. The van der Waals surface area contributed by atoms with Crippen LogP contribution in [-0.4, -0.2) is 43.9 Å². The summed E-state index contributed by atoms with van der Waals surface area (Å²) in [4.78, 5) is 23.0. The van der Waals surface area contributed by atoms with Crippen LogP contribution in [0.5, 0.6) is 5.75 Å². The Morgan fingerprint density at radius 1 is 1.38 bits per heavy atom. The molecule has 21 heavy (non-hydrogen) atoms. The lowest BCUT2D eigenvalue weighted by molar-refractivity contribution is -0.145. The Bertz CT molecular complexity index is 539. The fraction of sp³-hybridized carbons (Fsp3) is 0.333. The average Bonchev–Trinajstić information content (AvgIpc) is 2.49. The highest BCUT2D eigenvalue weighted by molar-refractivity contribution is 5.94. The molecular weight excluding hydrogens is 274 g/mol. The van der Waals surface area contributed by atoms with Gasteiger partial charge in [-0.3, -0.25) is 4.79 Å². The largest absolute Gasteiger partial charge is 0.496 e. The SMILES string of the molecule is COC(=O)[C@H](CO)NC(=O)/C=C/c1cc(C)ccc1OC. The molecule has 1 rings (SSSR count). The molecule has 0 radical (unpaired) electrons. The van der Waals surface area contributed by atoms with Crippen molar-refractivity contribution in [1.82, 2.24) is 5.32 Å². The van der Waals surface area contributed by atoms with E-state index in [1.807, 2.05) is 19.1 Å². The quantitative estimate of drug-likeness (QED) is 0.595. The van der Waals surface area contributed by atoms with Gasteiger partial charge in [0.2, 0.25) is 5.91 Å². The second-order valence-corrected chi connectivity index (χ2v) is 4.35. The van der Waals surface area contributed by atoms with E-state index in [0.717, 1.165) is 11.1 Å². The highest BCUT2D eigenvalue weighted by atomic mass is 16.5. The van der Waals surface area contributed by atoms with E-state index in [1.54, 1.807) is 19.3 Å². The Kier molecular flexibility index (Phi) is 6.42. The lowest BCUT2D eigenvalue weighted by atomic mass is 10.1. The van der Waals surface area contributed by atoms with E-state index in [1.165, 1.54) is 13.2 Å². The number of esters is 1. The molecule has 0 fully saturated rings. The first-order chi connectivity index (χ1) is 10.0. The summed E-state index contributed by atoms with van der Waals surface area (Å²) in [6.45, 7) is 1.40. The van der Waals surface area contributed by atoms with E-state index >= 15 is 0 Å². The second kappa shape index (κ2) is 8.06. The molecule has 0 aromatic heterocycles. The Hall–Kier alpha value is -2.34. The molecule has 6 heteroatoms. The van der Waals surface area contributed by atoms with Crippen molar-refractivity contribution in [2.75, 3.05) is 20.8 Å². The number of amides is 1. The zero-order valence-electron chi connectivity index (χ0n) is 12.3. The summed E-state index contributed by atoms with van der Waals surface area (Å²) < 4.78 is 9.65. The van der Waals surface area contributed by atoms with Gasteiger partial charge in [-0.25, -0.2) is 4.79 Å². The predicted molar refractivity (Wildman–Crippen MR) is 77.8 cm³/mol. The topological polar surface area (TPSA) is 84.9 Å². The first-order valence-corrected chi connectivity index (χ1v) is 6.33. The van der Waals surface area contributed by atoms with Gasteiger partial charge in [0.25, 0.3) is 0 Å². The number of carbonyl (C=O) groups is 2. The van der Waals surface area contributed by atoms with Gasteiger partial charge < -0.3 is 19.9 Å². The van der Waals surface area contributed by atoms with Crippen molar-refractivity contribution >= 4 is 18.0 Å². The van der Waals surface area contributed by atoms with Crippen LogP contribution in [-0.2, 0) is 14.3 Å². The lowest BCUT2D eigenvalue weighted by Gasteiger charge is -2.12. The molecule has 6 nitrogen and oxygen atoms in total. The number of nitrogens with one attached hydrogen (secondary N) is 1. The highest BCUT2D eigenvalue weighted by Crippen LogP contribution is 2.20. The van der Waals surface area contributed by atoms with Crippen LogP contribution >= 0.6 is 0 Å². The fourth-order valence-corrected chi connectivity index (χ4v) is 1.69. The smallest absolute Gasteiger partial charge is 0.330 e. The standard InChI is InChI=1S/C15H19NO5/c1-10-4-6-13(20-2)11(8-10)5-7-14(18)16-12(9-17)15(19)21-3/h4-8,12,17H,9H2,1-3H3,(H,16,18)/b7-5+/t12-/m0/s1. The molecule has 0 saturated carbocycles. The van der Waals surface area contributed by atoms with Crippen LogP contribution in [0.25, 0.3) is 6.08 Å². The van der Waals surface area contributed by atoms with Gasteiger partial charge >= 0.3 is 5.97 Å². The van der Waals surface area contributed by atoms with Crippen molar-refractivity contribution < 1.29 is 24.2 Å². The zero-order chi connectivity index (χ0) is 15.8. The summed E-state index contributed by atoms with van der Waals surface area (Å²) >= 11 is 0. The summed E-state index contributed by atoms with van der Waals surface area (Å²) in [6, 6.07) is 4.49. The maximum Gasteiger partial charge on any atom is 0.330 e. The number of hydrogen-bond donors (Lipinski definition) is 2. The van der Waals surface area contributed by atoms with Crippen LogP contribution < -0.4 is 10.1 Å². The molecule has 1 atom stereocenters. The maximum atomic E-state index is 11.7. The molecule has 0 aliphatic heterocycles. The number of ether oxygens (including phenoxy) is 2. The molecule has 1 aromatic carbocycles. The minimum Gasteiger partial charge on any atom is -0.496 e. The number of benzene rings is 1. The first kappa shape index (κ1) is 16.7. The normalized spacial score (nSPS) is 12.0. The number of aliphatic hydroxyl groups is 1. The van der Waals surface area contributed by atoms with Crippen molar-refractivity contribution in [2.45, 2.75) is 13.0 Å². The van der Waals surface area contributed by atoms with E-state index in [2.05, 4.69) is 10.1 Å². The van der Waals surface area contributed by atoms with E-state index in [-0.39, 0.29) is 0 Å². The monoisotopic (exact) mass is 293 g/mol. The second-order valence-electron chi connectivity index (χ2n) is 4.35.